The van der Waals surface area contributed by atoms with E-state index < -0.39 is 0 Å². The van der Waals surface area contributed by atoms with Crippen molar-refractivity contribution in [1.29, 1.82) is 0 Å². The summed E-state index contributed by atoms with van der Waals surface area (Å²) in [6.07, 6.45) is 2.20. The van der Waals surface area contributed by atoms with Crippen LogP contribution in [-0.2, 0) is 0 Å². The first-order chi connectivity index (χ1) is 9.08. The van der Waals surface area contributed by atoms with Crippen LogP contribution in [0.2, 0.25) is 0 Å². The molecule has 1 amide bonds. The fraction of sp³-hybridized carbons (Fsp3) is 0.533. The normalized spacial score (nSPS) is 28.1. The molecule has 20 heavy (non-hydrogen) atoms. The molecular formula is C15H21ClN2O2. The minimum atomic E-state index is -0.0669. The number of para-hydroxylation sites is 1. The van der Waals surface area contributed by atoms with E-state index in [1.165, 1.54) is 0 Å². The lowest BCUT2D eigenvalue weighted by Crippen LogP contribution is -2.33. The van der Waals surface area contributed by atoms with Crippen LogP contribution in [0.25, 0.3) is 0 Å². The number of carbonyl (C=O) groups excluding carboxylic acids is 1. The molecule has 0 spiro atoms. The topological polar surface area (TPSA) is 66.6 Å². The minimum Gasteiger partial charge on any atom is -0.507 e. The van der Waals surface area contributed by atoms with Crippen molar-refractivity contribution >= 4 is 18.3 Å². The van der Waals surface area contributed by atoms with Gasteiger partial charge in [-0.25, -0.2) is 0 Å². The lowest BCUT2D eigenvalue weighted by molar-refractivity contribution is 0.0776. The first kappa shape index (κ1) is 15.1. The second-order valence-corrected chi connectivity index (χ2v) is 5.85. The van der Waals surface area contributed by atoms with Gasteiger partial charge in [0, 0.05) is 19.1 Å². The highest BCUT2D eigenvalue weighted by Crippen LogP contribution is 2.38. The highest BCUT2D eigenvalue weighted by molar-refractivity contribution is 5.97. The molecule has 3 unspecified atom stereocenters. The number of phenols is 1. The highest BCUT2D eigenvalue weighted by atomic mass is 35.5. The van der Waals surface area contributed by atoms with Crippen molar-refractivity contribution in [3.8, 4) is 5.75 Å². The predicted molar refractivity (Wildman–Crippen MR) is 80.2 cm³/mol. The van der Waals surface area contributed by atoms with E-state index in [9.17, 15) is 9.90 Å². The third-order valence-electron chi connectivity index (χ3n) is 4.67. The zero-order valence-corrected chi connectivity index (χ0v) is 12.4. The maximum absolute atomic E-state index is 12.5. The molecule has 1 heterocycles. The monoisotopic (exact) mass is 296 g/mol. The van der Waals surface area contributed by atoms with Crippen molar-refractivity contribution in [3.63, 3.8) is 0 Å². The Morgan fingerprint density at radius 2 is 2.10 bits per heavy atom. The molecule has 3 rings (SSSR count). The van der Waals surface area contributed by atoms with Crippen LogP contribution < -0.4 is 5.73 Å². The number of likely N-dealkylation sites (tertiary alicyclic amines) is 1. The molecule has 1 saturated carbocycles. The molecule has 0 radical (unpaired) electrons. The molecule has 1 aromatic rings. The molecule has 4 nitrogen and oxygen atoms in total. The molecule has 110 valence electrons. The fourth-order valence-corrected chi connectivity index (χ4v) is 3.48. The molecule has 0 aromatic heterocycles. The SMILES string of the molecule is Cc1cccc(C(=O)N2CC3CCC(N)C3C2)c1O.Cl. The summed E-state index contributed by atoms with van der Waals surface area (Å²) in [5.74, 6) is 1.03. The van der Waals surface area contributed by atoms with Crippen LogP contribution in [0.15, 0.2) is 18.2 Å². The number of carbonyl (C=O) groups is 1. The second-order valence-electron chi connectivity index (χ2n) is 5.85. The van der Waals surface area contributed by atoms with Gasteiger partial charge in [0.2, 0.25) is 0 Å². The average Bonchev–Trinajstić information content (AvgIpc) is 2.95. The number of hydrogen-bond acceptors (Lipinski definition) is 3. The van der Waals surface area contributed by atoms with Gasteiger partial charge in [0.25, 0.3) is 5.91 Å². The Morgan fingerprint density at radius 3 is 2.80 bits per heavy atom. The third kappa shape index (κ3) is 2.38. The van der Waals surface area contributed by atoms with E-state index in [2.05, 4.69) is 0 Å². The maximum Gasteiger partial charge on any atom is 0.257 e. The first-order valence-corrected chi connectivity index (χ1v) is 6.91. The summed E-state index contributed by atoms with van der Waals surface area (Å²) in [5, 5.41) is 10.0. The second kappa shape index (κ2) is 5.62. The Balaban J connectivity index is 0.00000147. The van der Waals surface area contributed by atoms with Crippen LogP contribution >= 0.6 is 12.4 Å². The van der Waals surface area contributed by atoms with E-state index in [-0.39, 0.29) is 30.1 Å². The van der Waals surface area contributed by atoms with Crippen molar-refractivity contribution in [2.45, 2.75) is 25.8 Å². The highest BCUT2D eigenvalue weighted by Gasteiger charge is 2.42. The van der Waals surface area contributed by atoms with Gasteiger partial charge in [-0.3, -0.25) is 4.79 Å². The lowest BCUT2D eigenvalue weighted by atomic mass is 9.98. The molecule has 2 aliphatic rings. The number of halogens is 1. The Bertz CT molecular complexity index is 521. The van der Waals surface area contributed by atoms with Gasteiger partial charge in [0.1, 0.15) is 5.75 Å². The minimum absolute atomic E-state index is 0. The quantitative estimate of drug-likeness (QED) is 0.832. The summed E-state index contributed by atoms with van der Waals surface area (Å²) < 4.78 is 0. The van der Waals surface area contributed by atoms with Crippen LogP contribution in [-0.4, -0.2) is 35.0 Å². The van der Waals surface area contributed by atoms with Crippen LogP contribution in [0.1, 0.15) is 28.8 Å². The van der Waals surface area contributed by atoms with Crippen LogP contribution in [0, 0.1) is 18.8 Å². The summed E-state index contributed by atoms with van der Waals surface area (Å²) >= 11 is 0. The molecule has 1 saturated heterocycles. The maximum atomic E-state index is 12.5. The van der Waals surface area contributed by atoms with Gasteiger partial charge < -0.3 is 15.7 Å². The van der Waals surface area contributed by atoms with Gasteiger partial charge in [-0.15, -0.1) is 12.4 Å². The number of rotatable bonds is 1. The van der Waals surface area contributed by atoms with Crippen molar-refractivity contribution < 1.29 is 9.90 Å². The van der Waals surface area contributed by atoms with Gasteiger partial charge in [-0.1, -0.05) is 12.1 Å². The number of fused-ring (bicyclic) bond motifs is 1. The number of hydrogen-bond donors (Lipinski definition) is 2. The van der Waals surface area contributed by atoms with Crippen LogP contribution in [0.5, 0.6) is 5.75 Å². The van der Waals surface area contributed by atoms with Gasteiger partial charge in [-0.05, 0) is 43.2 Å². The first-order valence-electron chi connectivity index (χ1n) is 6.91. The van der Waals surface area contributed by atoms with Crippen molar-refractivity contribution in [2.75, 3.05) is 13.1 Å². The van der Waals surface area contributed by atoms with Crippen molar-refractivity contribution in [2.24, 2.45) is 17.6 Å². The number of phenolic OH excluding ortho intramolecular Hbond substituents is 1. The van der Waals surface area contributed by atoms with Crippen molar-refractivity contribution in [1.82, 2.24) is 4.90 Å². The number of aryl methyl sites for hydroxylation is 1. The smallest absolute Gasteiger partial charge is 0.257 e. The standard InChI is InChI=1S/C15H20N2O2.ClH/c1-9-3-2-4-11(14(9)18)15(19)17-7-10-5-6-13(16)12(10)8-17;/h2-4,10,12-13,18H,5-8,16H2,1H3;1H. The zero-order valence-electron chi connectivity index (χ0n) is 11.6. The molecular weight excluding hydrogens is 276 g/mol. The zero-order chi connectivity index (χ0) is 13.6. The van der Waals surface area contributed by atoms with E-state index in [1.807, 2.05) is 11.0 Å². The van der Waals surface area contributed by atoms with E-state index in [1.54, 1.807) is 19.1 Å². The van der Waals surface area contributed by atoms with Crippen LogP contribution in [0.4, 0.5) is 0 Å². The number of benzene rings is 1. The fourth-order valence-electron chi connectivity index (χ4n) is 3.48. The van der Waals surface area contributed by atoms with Gasteiger partial charge in [0.05, 0.1) is 5.56 Å². The number of nitrogens with two attached hydrogens (primary N) is 1. The average molecular weight is 297 g/mol. The molecule has 2 fully saturated rings. The van der Waals surface area contributed by atoms with Gasteiger partial charge in [-0.2, -0.15) is 0 Å². The number of aromatic hydroxyl groups is 1. The number of nitrogens with zero attached hydrogens (tertiary/aromatic N) is 1. The summed E-state index contributed by atoms with van der Waals surface area (Å²) in [7, 11) is 0. The van der Waals surface area contributed by atoms with E-state index in [0.29, 0.717) is 17.4 Å². The summed E-state index contributed by atoms with van der Waals surface area (Å²) in [6, 6.07) is 5.54. The largest absolute Gasteiger partial charge is 0.507 e. The van der Waals surface area contributed by atoms with E-state index in [4.69, 9.17) is 5.73 Å². The van der Waals surface area contributed by atoms with Crippen molar-refractivity contribution in [3.05, 3.63) is 29.3 Å². The molecule has 3 atom stereocenters. The molecule has 1 aliphatic heterocycles. The Morgan fingerprint density at radius 1 is 1.35 bits per heavy atom. The molecule has 1 aliphatic carbocycles. The summed E-state index contributed by atoms with van der Waals surface area (Å²) in [6.45, 7) is 3.32. The van der Waals surface area contributed by atoms with E-state index >= 15 is 0 Å². The Labute approximate surface area is 125 Å². The molecule has 1 aromatic carbocycles. The Kier molecular flexibility index (Phi) is 4.25. The number of amides is 1. The molecule has 5 heteroatoms. The summed E-state index contributed by atoms with van der Waals surface area (Å²) in [5.41, 5.74) is 7.24. The Hall–Kier alpha value is -1.26. The van der Waals surface area contributed by atoms with Crippen LogP contribution in [0.3, 0.4) is 0 Å². The summed E-state index contributed by atoms with van der Waals surface area (Å²) in [4.78, 5) is 14.3. The molecule has 3 N–H and O–H groups in total. The predicted octanol–water partition coefficient (Wildman–Crippen LogP) is 1.93. The molecule has 0 bridgehead atoms. The van der Waals surface area contributed by atoms with E-state index in [0.717, 1.165) is 31.5 Å². The third-order valence-corrected chi connectivity index (χ3v) is 4.67. The van der Waals surface area contributed by atoms with Gasteiger partial charge in [0.15, 0.2) is 0 Å². The van der Waals surface area contributed by atoms with Gasteiger partial charge >= 0.3 is 0 Å². The lowest BCUT2D eigenvalue weighted by Gasteiger charge is -2.19.